The highest BCUT2D eigenvalue weighted by Crippen LogP contribution is 2.27. The van der Waals surface area contributed by atoms with E-state index in [0.29, 0.717) is 6.61 Å². The van der Waals surface area contributed by atoms with E-state index in [-0.39, 0.29) is 5.38 Å². The molecule has 0 spiro atoms. The summed E-state index contributed by atoms with van der Waals surface area (Å²) < 4.78 is 5.47. The summed E-state index contributed by atoms with van der Waals surface area (Å²) in [6.07, 6.45) is 1.34. The molecule has 1 fully saturated rings. The molecule has 3 heteroatoms. The molecule has 20 heavy (non-hydrogen) atoms. The van der Waals surface area contributed by atoms with Gasteiger partial charge >= 0.3 is 0 Å². The van der Waals surface area contributed by atoms with E-state index >= 15 is 0 Å². The van der Waals surface area contributed by atoms with Gasteiger partial charge in [-0.15, -0.1) is 11.6 Å². The number of hydrogen-bond acceptors (Lipinski definition) is 2. The fraction of sp³-hybridized carbons (Fsp3) is 0.647. The average Bonchev–Trinajstić information content (AvgIpc) is 2.38. The summed E-state index contributed by atoms with van der Waals surface area (Å²) in [6.45, 7) is 10.6. The Balaban J connectivity index is 1.92. The van der Waals surface area contributed by atoms with Crippen molar-refractivity contribution in [3.05, 3.63) is 29.8 Å². The lowest BCUT2D eigenvalue weighted by Crippen LogP contribution is -2.40. The molecule has 1 aliphatic heterocycles. The van der Waals surface area contributed by atoms with Crippen molar-refractivity contribution in [2.75, 3.05) is 26.2 Å². The fourth-order valence-corrected chi connectivity index (χ4v) is 3.55. The lowest BCUT2D eigenvalue weighted by Gasteiger charge is -2.36. The Morgan fingerprint density at radius 2 is 1.80 bits per heavy atom. The van der Waals surface area contributed by atoms with Gasteiger partial charge in [0.15, 0.2) is 0 Å². The van der Waals surface area contributed by atoms with Crippen LogP contribution in [0.1, 0.15) is 38.1 Å². The van der Waals surface area contributed by atoms with E-state index in [4.69, 9.17) is 16.3 Å². The number of rotatable bonds is 5. The molecule has 0 saturated carbocycles. The van der Waals surface area contributed by atoms with Crippen LogP contribution in [0.4, 0.5) is 0 Å². The van der Waals surface area contributed by atoms with Crippen LogP contribution in [0.5, 0.6) is 5.75 Å². The maximum Gasteiger partial charge on any atom is 0.119 e. The number of hydrogen-bond donors (Lipinski definition) is 0. The summed E-state index contributed by atoms with van der Waals surface area (Å²) in [6, 6.07) is 8.18. The highest BCUT2D eigenvalue weighted by atomic mass is 35.5. The quantitative estimate of drug-likeness (QED) is 0.749. The van der Waals surface area contributed by atoms with Crippen molar-refractivity contribution in [1.29, 1.82) is 0 Å². The summed E-state index contributed by atoms with van der Waals surface area (Å²) in [5.41, 5.74) is 1.18. The molecule has 0 N–H and O–H groups in total. The molecule has 1 aliphatic rings. The number of halogens is 1. The van der Waals surface area contributed by atoms with Gasteiger partial charge in [0, 0.05) is 19.6 Å². The second-order valence-corrected chi connectivity index (χ2v) is 6.66. The summed E-state index contributed by atoms with van der Waals surface area (Å²) in [7, 11) is 0. The van der Waals surface area contributed by atoms with Crippen molar-refractivity contribution in [1.82, 2.24) is 4.90 Å². The van der Waals surface area contributed by atoms with Gasteiger partial charge in [-0.1, -0.05) is 26.0 Å². The summed E-state index contributed by atoms with van der Waals surface area (Å²) in [4.78, 5) is 2.51. The summed E-state index contributed by atoms with van der Waals surface area (Å²) in [5, 5.41) is 0.0585. The van der Waals surface area contributed by atoms with E-state index in [1.54, 1.807) is 0 Å². The van der Waals surface area contributed by atoms with Gasteiger partial charge in [-0.05, 0) is 42.9 Å². The van der Waals surface area contributed by atoms with Gasteiger partial charge < -0.3 is 9.64 Å². The van der Waals surface area contributed by atoms with Gasteiger partial charge in [-0.25, -0.2) is 0 Å². The molecule has 0 radical (unpaired) electrons. The highest BCUT2D eigenvalue weighted by Gasteiger charge is 2.23. The van der Waals surface area contributed by atoms with Gasteiger partial charge in [0.25, 0.3) is 0 Å². The molecular formula is C17H26ClNO. The van der Waals surface area contributed by atoms with Crippen LogP contribution in [0.2, 0.25) is 0 Å². The van der Waals surface area contributed by atoms with Crippen LogP contribution in [-0.4, -0.2) is 31.1 Å². The van der Waals surface area contributed by atoms with Crippen LogP contribution in [-0.2, 0) is 0 Å². The number of nitrogens with zero attached hydrogens (tertiary/aromatic N) is 1. The van der Waals surface area contributed by atoms with E-state index < -0.39 is 0 Å². The van der Waals surface area contributed by atoms with Crippen molar-refractivity contribution in [3.63, 3.8) is 0 Å². The molecule has 3 unspecified atom stereocenters. The zero-order valence-electron chi connectivity index (χ0n) is 12.8. The summed E-state index contributed by atoms with van der Waals surface area (Å²) >= 11 is 6.58. The standard InChI is InChI=1S/C17H26ClNO/c1-4-20-16-7-5-15(6-8-16)17(18)12-19-10-13(2)9-14(3)11-19/h5-8,13-14,17H,4,9-12H2,1-3H3. The molecular weight excluding hydrogens is 270 g/mol. The van der Waals surface area contributed by atoms with E-state index in [9.17, 15) is 0 Å². The number of benzene rings is 1. The van der Waals surface area contributed by atoms with Crippen LogP contribution in [0.3, 0.4) is 0 Å². The number of ether oxygens (including phenoxy) is 1. The van der Waals surface area contributed by atoms with Gasteiger partial charge in [0.1, 0.15) is 5.75 Å². The predicted octanol–water partition coefficient (Wildman–Crippen LogP) is 4.34. The topological polar surface area (TPSA) is 12.5 Å². The monoisotopic (exact) mass is 295 g/mol. The SMILES string of the molecule is CCOc1ccc(C(Cl)CN2CC(C)CC(C)C2)cc1. The molecule has 0 aliphatic carbocycles. The van der Waals surface area contributed by atoms with Crippen molar-refractivity contribution in [2.24, 2.45) is 11.8 Å². The molecule has 1 heterocycles. The third kappa shape index (κ3) is 4.39. The fourth-order valence-electron chi connectivity index (χ4n) is 3.21. The van der Waals surface area contributed by atoms with Gasteiger partial charge in [-0.2, -0.15) is 0 Å². The minimum Gasteiger partial charge on any atom is -0.494 e. The molecule has 1 aromatic carbocycles. The van der Waals surface area contributed by atoms with E-state index in [2.05, 4.69) is 30.9 Å². The van der Waals surface area contributed by atoms with Gasteiger partial charge in [0.2, 0.25) is 0 Å². The second-order valence-electron chi connectivity index (χ2n) is 6.13. The van der Waals surface area contributed by atoms with Crippen LogP contribution >= 0.6 is 11.6 Å². The lowest BCUT2D eigenvalue weighted by molar-refractivity contribution is 0.141. The lowest BCUT2D eigenvalue weighted by atomic mass is 9.91. The van der Waals surface area contributed by atoms with Crippen LogP contribution < -0.4 is 4.74 Å². The predicted molar refractivity (Wildman–Crippen MR) is 85.6 cm³/mol. The van der Waals surface area contributed by atoms with E-state index in [1.165, 1.54) is 25.1 Å². The highest BCUT2D eigenvalue weighted by molar-refractivity contribution is 6.21. The third-order valence-electron chi connectivity index (χ3n) is 3.92. The Morgan fingerprint density at radius 1 is 1.20 bits per heavy atom. The van der Waals surface area contributed by atoms with E-state index in [0.717, 1.165) is 24.1 Å². The second kappa shape index (κ2) is 7.33. The van der Waals surface area contributed by atoms with Crippen molar-refractivity contribution in [3.8, 4) is 5.75 Å². The molecule has 2 nitrogen and oxygen atoms in total. The number of likely N-dealkylation sites (tertiary alicyclic amines) is 1. The number of alkyl halides is 1. The van der Waals surface area contributed by atoms with Gasteiger partial charge in [0.05, 0.1) is 12.0 Å². The molecule has 3 atom stereocenters. The molecule has 0 aromatic heterocycles. The minimum absolute atomic E-state index is 0.0585. The minimum atomic E-state index is 0.0585. The van der Waals surface area contributed by atoms with Crippen molar-refractivity contribution >= 4 is 11.6 Å². The Morgan fingerprint density at radius 3 is 2.35 bits per heavy atom. The molecule has 0 amide bonds. The first-order valence-electron chi connectivity index (χ1n) is 7.67. The normalized spacial score (nSPS) is 25.4. The van der Waals surface area contributed by atoms with Gasteiger partial charge in [-0.3, -0.25) is 0 Å². The van der Waals surface area contributed by atoms with Crippen LogP contribution in [0.25, 0.3) is 0 Å². The van der Waals surface area contributed by atoms with E-state index in [1.807, 2.05) is 19.1 Å². The Hall–Kier alpha value is -0.730. The molecule has 2 rings (SSSR count). The third-order valence-corrected chi connectivity index (χ3v) is 4.31. The first-order chi connectivity index (χ1) is 9.58. The van der Waals surface area contributed by atoms with Crippen LogP contribution in [0.15, 0.2) is 24.3 Å². The Bertz CT molecular complexity index is 396. The largest absolute Gasteiger partial charge is 0.494 e. The maximum atomic E-state index is 6.58. The summed E-state index contributed by atoms with van der Waals surface area (Å²) in [5.74, 6) is 2.48. The van der Waals surface area contributed by atoms with Crippen LogP contribution in [0, 0.1) is 11.8 Å². The smallest absolute Gasteiger partial charge is 0.119 e. The van der Waals surface area contributed by atoms with Crippen molar-refractivity contribution in [2.45, 2.75) is 32.6 Å². The molecule has 112 valence electrons. The first-order valence-corrected chi connectivity index (χ1v) is 8.11. The maximum absolute atomic E-state index is 6.58. The zero-order valence-corrected chi connectivity index (χ0v) is 13.6. The molecule has 0 bridgehead atoms. The van der Waals surface area contributed by atoms with Crippen molar-refractivity contribution < 1.29 is 4.74 Å². The zero-order chi connectivity index (χ0) is 14.5. The first kappa shape index (κ1) is 15.7. The Labute approximate surface area is 128 Å². The number of piperidine rings is 1. The average molecular weight is 296 g/mol. The Kier molecular flexibility index (Phi) is 5.74. The molecule has 1 aromatic rings. The molecule has 1 saturated heterocycles.